The molecule has 5 rings (SSSR count). The minimum atomic E-state index is -3.62. The van der Waals surface area contributed by atoms with E-state index in [2.05, 4.69) is 53.2 Å². The van der Waals surface area contributed by atoms with Crippen molar-refractivity contribution in [2.24, 2.45) is 5.92 Å². The van der Waals surface area contributed by atoms with E-state index in [4.69, 9.17) is 11.6 Å². The van der Waals surface area contributed by atoms with E-state index in [0.29, 0.717) is 31.0 Å². The summed E-state index contributed by atoms with van der Waals surface area (Å²) in [5.74, 6) is 0.410. The highest BCUT2D eigenvalue weighted by molar-refractivity contribution is 7.89. The Bertz CT molecular complexity index is 1210. The van der Waals surface area contributed by atoms with E-state index in [-0.39, 0.29) is 28.8 Å². The maximum Gasteiger partial charge on any atom is 0.243 e. The van der Waals surface area contributed by atoms with Crippen molar-refractivity contribution in [2.75, 3.05) is 26.2 Å². The second-order valence-electron chi connectivity index (χ2n) is 11.1. The molecule has 3 aliphatic heterocycles. The molecule has 2 aromatic carbocycles. The van der Waals surface area contributed by atoms with Gasteiger partial charge in [0.2, 0.25) is 15.9 Å². The number of amides is 1. The van der Waals surface area contributed by atoms with Crippen molar-refractivity contribution in [3.8, 4) is 0 Å². The molecule has 0 saturated carbocycles. The molecule has 206 valence electrons. The number of carbonyl (C=O) groups is 1. The Kier molecular flexibility index (Phi) is 8.17. The maximum atomic E-state index is 13.9. The zero-order valence-corrected chi connectivity index (χ0v) is 23.9. The Hall–Kier alpha value is -1.97. The molecule has 1 amide bonds. The van der Waals surface area contributed by atoms with Gasteiger partial charge >= 0.3 is 0 Å². The molecule has 0 aromatic heterocycles. The molecule has 9 heteroatoms. The van der Waals surface area contributed by atoms with Crippen LogP contribution in [0.4, 0.5) is 0 Å². The van der Waals surface area contributed by atoms with Crippen molar-refractivity contribution in [2.45, 2.75) is 75.1 Å². The SMILES string of the molecule is CC[C@H](C)[C@@H]1NC2(CCN(S(=O)(=O)c3ccc(Cl)cc3)CC2)N(C2CCN(Cc3ccccc3)CC2)C1=O. The summed E-state index contributed by atoms with van der Waals surface area (Å²) >= 11 is 5.98. The number of sulfonamides is 1. The number of carbonyl (C=O) groups excluding carboxylic acids is 1. The summed E-state index contributed by atoms with van der Waals surface area (Å²) in [6, 6.07) is 16.8. The molecular weight excluding hydrogens is 520 g/mol. The fourth-order valence-corrected chi connectivity index (χ4v) is 7.91. The van der Waals surface area contributed by atoms with Gasteiger partial charge in [-0.25, -0.2) is 8.42 Å². The van der Waals surface area contributed by atoms with E-state index in [0.717, 1.165) is 38.9 Å². The average molecular weight is 559 g/mol. The molecule has 2 aromatic rings. The van der Waals surface area contributed by atoms with Crippen LogP contribution in [0.1, 0.15) is 51.5 Å². The number of nitrogens with zero attached hydrogens (tertiary/aromatic N) is 3. The summed E-state index contributed by atoms with van der Waals surface area (Å²) < 4.78 is 28.2. The number of rotatable bonds is 7. The smallest absolute Gasteiger partial charge is 0.243 e. The summed E-state index contributed by atoms with van der Waals surface area (Å²) in [6.45, 7) is 7.84. The topological polar surface area (TPSA) is 73.0 Å². The van der Waals surface area contributed by atoms with Gasteiger partial charge in [0.05, 0.1) is 16.6 Å². The normalized spacial score (nSPS) is 24.2. The van der Waals surface area contributed by atoms with Gasteiger partial charge < -0.3 is 4.90 Å². The number of hydrogen-bond acceptors (Lipinski definition) is 5. The largest absolute Gasteiger partial charge is 0.320 e. The van der Waals surface area contributed by atoms with Crippen LogP contribution in [-0.2, 0) is 21.4 Å². The fourth-order valence-electron chi connectivity index (χ4n) is 6.35. The number of benzene rings is 2. The van der Waals surface area contributed by atoms with Crippen LogP contribution in [0, 0.1) is 5.92 Å². The Morgan fingerprint density at radius 3 is 2.24 bits per heavy atom. The molecule has 2 atom stereocenters. The summed E-state index contributed by atoms with van der Waals surface area (Å²) in [5, 5.41) is 4.26. The quantitative estimate of drug-likeness (QED) is 0.547. The number of likely N-dealkylation sites (tertiary alicyclic amines) is 1. The van der Waals surface area contributed by atoms with E-state index in [1.54, 1.807) is 28.6 Å². The highest BCUT2D eigenvalue weighted by atomic mass is 35.5. The second-order valence-corrected chi connectivity index (χ2v) is 13.5. The lowest BCUT2D eigenvalue weighted by Crippen LogP contribution is -2.63. The molecule has 1 spiro atoms. The number of halogens is 1. The van der Waals surface area contributed by atoms with Gasteiger partial charge in [0.1, 0.15) is 0 Å². The van der Waals surface area contributed by atoms with Gasteiger partial charge in [0, 0.05) is 43.8 Å². The Morgan fingerprint density at radius 2 is 1.63 bits per heavy atom. The lowest BCUT2D eigenvalue weighted by Gasteiger charge is -2.49. The van der Waals surface area contributed by atoms with Crippen LogP contribution < -0.4 is 5.32 Å². The van der Waals surface area contributed by atoms with E-state index in [9.17, 15) is 13.2 Å². The predicted octanol–water partition coefficient (Wildman–Crippen LogP) is 4.33. The first-order chi connectivity index (χ1) is 18.2. The molecule has 3 saturated heterocycles. The predicted molar refractivity (Wildman–Crippen MR) is 150 cm³/mol. The third kappa shape index (κ3) is 5.39. The Morgan fingerprint density at radius 1 is 1.00 bits per heavy atom. The number of hydrogen-bond donors (Lipinski definition) is 1. The first-order valence-electron chi connectivity index (χ1n) is 13.9. The number of piperidine rings is 2. The van der Waals surface area contributed by atoms with Crippen LogP contribution in [0.2, 0.25) is 5.02 Å². The second kappa shape index (κ2) is 11.3. The molecular formula is C29H39ClN4O3S. The summed E-state index contributed by atoms with van der Waals surface area (Å²) in [7, 11) is -3.62. The van der Waals surface area contributed by atoms with Gasteiger partial charge in [-0.3, -0.25) is 15.0 Å². The van der Waals surface area contributed by atoms with Crippen LogP contribution in [-0.4, -0.2) is 72.4 Å². The fraction of sp³-hybridized carbons (Fsp3) is 0.552. The van der Waals surface area contributed by atoms with E-state index in [1.807, 2.05) is 6.07 Å². The molecule has 0 radical (unpaired) electrons. The van der Waals surface area contributed by atoms with Gasteiger partial charge in [0.25, 0.3) is 0 Å². The summed E-state index contributed by atoms with van der Waals surface area (Å²) in [5.41, 5.74) is 0.816. The minimum absolute atomic E-state index is 0.163. The Labute approximate surface area is 232 Å². The van der Waals surface area contributed by atoms with Crippen molar-refractivity contribution in [3.05, 3.63) is 65.2 Å². The van der Waals surface area contributed by atoms with Gasteiger partial charge in [-0.1, -0.05) is 62.2 Å². The molecule has 1 N–H and O–H groups in total. The van der Waals surface area contributed by atoms with Crippen LogP contribution >= 0.6 is 11.6 Å². The zero-order chi connectivity index (χ0) is 26.9. The molecule has 7 nitrogen and oxygen atoms in total. The van der Waals surface area contributed by atoms with Crippen molar-refractivity contribution in [3.63, 3.8) is 0 Å². The molecule has 3 heterocycles. The van der Waals surface area contributed by atoms with Crippen molar-refractivity contribution >= 4 is 27.5 Å². The van der Waals surface area contributed by atoms with Gasteiger partial charge in [-0.05, 0) is 61.4 Å². The molecule has 0 bridgehead atoms. The summed E-state index contributed by atoms with van der Waals surface area (Å²) in [4.78, 5) is 18.8. The first-order valence-corrected chi connectivity index (χ1v) is 15.7. The van der Waals surface area contributed by atoms with Gasteiger partial charge in [-0.2, -0.15) is 4.31 Å². The van der Waals surface area contributed by atoms with Gasteiger partial charge in [-0.15, -0.1) is 0 Å². The minimum Gasteiger partial charge on any atom is -0.320 e. The third-order valence-electron chi connectivity index (χ3n) is 8.77. The van der Waals surface area contributed by atoms with Crippen molar-refractivity contribution in [1.29, 1.82) is 0 Å². The zero-order valence-electron chi connectivity index (χ0n) is 22.4. The van der Waals surface area contributed by atoms with Gasteiger partial charge in [0.15, 0.2) is 0 Å². The molecule has 3 fully saturated rings. The van der Waals surface area contributed by atoms with E-state index < -0.39 is 15.7 Å². The molecule has 0 unspecified atom stereocenters. The maximum absolute atomic E-state index is 13.9. The van der Waals surface area contributed by atoms with Crippen LogP contribution in [0.3, 0.4) is 0 Å². The van der Waals surface area contributed by atoms with E-state index in [1.165, 1.54) is 5.56 Å². The number of nitrogens with one attached hydrogen (secondary N) is 1. The van der Waals surface area contributed by atoms with Crippen LogP contribution in [0.15, 0.2) is 59.5 Å². The summed E-state index contributed by atoms with van der Waals surface area (Å²) in [6.07, 6.45) is 3.95. The van der Waals surface area contributed by atoms with E-state index >= 15 is 0 Å². The lowest BCUT2D eigenvalue weighted by molar-refractivity contribution is -0.138. The van der Waals surface area contributed by atoms with Crippen LogP contribution in [0.25, 0.3) is 0 Å². The highest BCUT2D eigenvalue weighted by Gasteiger charge is 2.55. The van der Waals surface area contributed by atoms with Crippen molar-refractivity contribution in [1.82, 2.24) is 19.4 Å². The standard InChI is InChI=1S/C29H39ClN4O3S/c1-3-22(2)27-28(35)34(25-13-17-32(18-14-25)21-23-7-5-4-6-8-23)29(31-27)15-19-33(20-16-29)38(36,37)26-11-9-24(30)10-12-26/h4-12,22,25,27,31H,3,13-21H2,1-2H3/t22-,27-/m0/s1. The Balaban J connectivity index is 1.31. The molecule has 3 aliphatic rings. The first kappa shape index (κ1) is 27.6. The van der Waals surface area contributed by atoms with Crippen molar-refractivity contribution < 1.29 is 13.2 Å². The third-order valence-corrected chi connectivity index (χ3v) is 10.9. The highest BCUT2D eigenvalue weighted by Crippen LogP contribution is 2.39. The monoisotopic (exact) mass is 558 g/mol. The van der Waals surface area contributed by atoms with Crippen LogP contribution in [0.5, 0.6) is 0 Å². The molecule has 0 aliphatic carbocycles. The lowest BCUT2D eigenvalue weighted by atomic mass is 9.92. The molecule has 38 heavy (non-hydrogen) atoms. The average Bonchev–Trinajstić information content (AvgIpc) is 3.21.